The monoisotopic (exact) mass is 403 g/mol. The van der Waals surface area contributed by atoms with Gasteiger partial charge in [0.25, 0.3) is 5.91 Å². The number of pyridine rings is 1. The van der Waals surface area contributed by atoms with Gasteiger partial charge in [0.2, 0.25) is 0 Å². The highest BCUT2D eigenvalue weighted by molar-refractivity contribution is 5.96. The van der Waals surface area contributed by atoms with E-state index in [2.05, 4.69) is 29.0 Å². The zero-order chi connectivity index (χ0) is 21.3. The van der Waals surface area contributed by atoms with Gasteiger partial charge in [-0.3, -0.25) is 9.78 Å². The second-order valence-electron chi connectivity index (χ2n) is 6.63. The molecule has 0 bridgehead atoms. The molecule has 0 unspecified atom stereocenters. The number of para-hydroxylation sites is 1. The summed E-state index contributed by atoms with van der Waals surface area (Å²) in [5.74, 6) is -0.978. The summed E-state index contributed by atoms with van der Waals surface area (Å²) >= 11 is 0. The van der Waals surface area contributed by atoms with Crippen molar-refractivity contribution in [1.82, 2.24) is 4.98 Å². The molecule has 0 spiro atoms. The summed E-state index contributed by atoms with van der Waals surface area (Å²) < 4.78 is 5.04. The number of carbonyl (C=O) groups is 2. The van der Waals surface area contributed by atoms with Gasteiger partial charge in [-0.2, -0.15) is 0 Å². The molecule has 3 rings (SSSR count). The molecule has 1 aromatic heterocycles. The Bertz CT molecular complexity index is 1040. The highest BCUT2D eigenvalue weighted by Gasteiger charge is 2.07. The molecule has 1 heterocycles. The molecule has 0 saturated carbocycles. The Morgan fingerprint density at radius 1 is 1.03 bits per heavy atom. The fourth-order valence-corrected chi connectivity index (χ4v) is 3.15. The van der Waals surface area contributed by atoms with E-state index in [4.69, 9.17) is 4.74 Å². The van der Waals surface area contributed by atoms with Gasteiger partial charge in [-0.25, -0.2) is 4.79 Å². The van der Waals surface area contributed by atoms with E-state index in [-0.39, 0.29) is 12.5 Å². The first-order valence-electron chi connectivity index (χ1n) is 9.94. The molecular formula is C24H25N3O3. The lowest BCUT2D eigenvalue weighted by molar-refractivity contribution is -0.142. The maximum atomic E-state index is 12.1. The van der Waals surface area contributed by atoms with Gasteiger partial charge in [0.05, 0.1) is 5.52 Å². The molecule has 3 aromatic rings. The lowest BCUT2D eigenvalue weighted by Crippen LogP contribution is -2.22. The molecule has 0 saturated heterocycles. The third-order valence-electron chi connectivity index (χ3n) is 4.69. The van der Waals surface area contributed by atoms with Crippen LogP contribution < -0.4 is 10.2 Å². The Labute approximate surface area is 176 Å². The first-order chi connectivity index (χ1) is 14.6. The first kappa shape index (κ1) is 21.0. The summed E-state index contributed by atoms with van der Waals surface area (Å²) in [5, 5.41) is 3.71. The SMILES string of the molecule is CCN(CC)c1ccc(NC(=O)COC(=O)/C=C/c2cccc3cccnc23)cc1. The van der Waals surface area contributed by atoms with Crippen molar-refractivity contribution in [1.29, 1.82) is 0 Å². The third kappa shape index (κ3) is 5.44. The largest absolute Gasteiger partial charge is 0.452 e. The average Bonchev–Trinajstić information content (AvgIpc) is 2.78. The van der Waals surface area contributed by atoms with Crippen molar-refractivity contribution < 1.29 is 14.3 Å². The maximum absolute atomic E-state index is 12.1. The zero-order valence-corrected chi connectivity index (χ0v) is 17.2. The summed E-state index contributed by atoms with van der Waals surface area (Å²) in [7, 11) is 0. The lowest BCUT2D eigenvalue weighted by Gasteiger charge is -2.21. The molecular weight excluding hydrogens is 378 g/mol. The van der Waals surface area contributed by atoms with Crippen LogP contribution in [0, 0.1) is 0 Å². The normalized spacial score (nSPS) is 10.9. The predicted molar refractivity (Wildman–Crippen MR) is 120 cm³/mol. The van der Waals surface area contributed by atoms with Gasteiger partial charge in [0.15, 0.2) is 6.61 Å². The molecule has 6 nitrogen and oxygen atoms in total. The van der Waals surface area contributed by atoms with Gasteiger partial charge < -0.3 is 15.0 Å². The molecule has 6 heteroatoms. The summed E-state index contributed by atoms with van der Waals surface area (Å²) in [4.78, 5) is 30.6. The van der Waals surface area contributed by atoms with Crippen LogP contribution in [-0.2, 0) is 14.3 Å². The van der Waals surface area contributed by atoms with Crippen LogP contribution in [0.4, 0.5) is 11.4 Å². The number of esters is 1. The number of hydrogen-bond acceptors (Lipinski definition) is 5. The van der Waals surface area contributed by atoms with Crippen LogP contribution >= 0.6 is 0 Å². The molecule has 30 heavy (non-hydrogen) atoms. The topological polar surface area (TPSA) is 71.5 Å². The number of ether oxygens (including phenoxy) is 1. The van der Waals surface area contributed by atoms with Crippen molar-refractivity contribution in [2.75, 3.05) is 29.9 Å². The van der Waals surface area contributed by atoms with Crippen molar-refractivity contribution in [2.24, 2.45) is 0 Å². The minimum atomic E-state index is -0.588. The number of aromatic nitrogens is 1. The van der Waals surface area contributed by atoms with Crippen molar-refractivity contribution in [3.05, 3.63) is 72.4 Å². The summed E-state index contributed by atoms with van der Waals surface area (Å²) in [6.45, 7) is 5.67. The van der Waals surface area contributed by atoms with E-state index in [9.17, 15) is 9.59 Å². The van der Waals surface area contributed by atoms with Gasteiger partial charge in [-0.05, 0) is 50.3 Å². The van der Waals surface area contributed by atoms with Gasteiger partial charge in [0, 0.05) is 47.7 Å². The van der Waals surface area contributed by atoms with Gasteiger partial charge >= 0.3 is 5.97 Å². The van der Waals surface area contributed by atoms with Crippen molar-refractivity contribution in [2.45, 2.75) is 13.8 Å². The molecule has 0 fully saturated rings. The van der Waals surface area contributed by atoms with E-state index in [1.807, 2.05) is 54.6 Å². The van der Waals surface area contributed by atoms with E-state index in [0.29, 0.717) is 5.69 Å². The van der Waals surface area contributed by atoms with Gasteiger partial charge in [-0.1, -0.05) is 24.3 Å². The molecule has 0 aliphatic heterocycles. The van der Waals surface area contributed by atoms with Crippen LogP contribution in [0.5, 0.6) is 0 Å². The highest BCUT2D eigenvalue weighted by atomic mass is 16.5. The molecule has 0 aliphatic rings. The second-order valence-corrected chi connectivity index (χ2v) is 6.63. The molecule has 1 amide bonds. The third-order valence-corrected chi connectivity index (χ3v) is 4.69. The van der Waals surface area contributed by atoms with Crippen LogP contribution in [-0.4, -0.2) is 36.6 Å². The fourth-order valence-electron chi connectivity index (χ4n) is 3.15. The molecule has 0 aliphatic carbocycles. The van der Waals surface area contributed by atoms with E-state index in [0.717, 1.165) is 35.2 Å². The molecule has 1 N–H and O–H groups in total. The Balaban J connectivity index is 1.52. The van der Waals surface area contributed by atoms with Gasteiger partial charge in [-0.15, -0.1) is 0 Å². The van der Waals surface area contributed by atoms with Crippen molar-refractivity contribution in [3.8, 4) is 0 Å². The van der Waals surface area contributed by atoms with Crippen LogP contribution in [0.2, 0.25) is 0 Å². The zero-order valence-electron chi connectivity index (χ0n) is 17.2. The summed E-state index contributed by atoms with van der Waals surface area (Å²) in [6, 6.07) is 17.1. The Morgan fingerprint density at radius 2 is 1.77 bits per heavy atom. The highest BCUT2D eigenvalue weighted by Crippen LogP contribution is 2.18. The minimum Gasteiger partial charge on any atom is -0.452 e. The molecule has 0 atom stereocenters. The number of fused-ring (bicyclic) bond motifs is 1. The summed E-state index contributed by atoms with van der Waals surface area (Å²) in [5.41, 5.74) is 3.36. The Hall–Kier alpha value is -3.67. The minimum absolute atomic E-state index is 0.352. The lowest BCUT2D eigenvalue weighted by atomic mass is 10.1. The number of rotatable bonds is 8. The Kier molecular flexibility index (Phi) is 7.16. The smallest absolute Gasteiger partial charge is 0.331 e. The maximum Gasteiger partial charge on any atom is 0.331 e. The van der Waals surface area contributed by atoms with Crippen molar-refractivity contribution >= 4 is 40.2 Å². The van der Waals surface area contributed by atoms with E-state index < -0.39 is 5.97 Å². The van der Waals surface area contributed by atoms with Crippen LogP contribution in [0.3, 0.4) is 0 Å². The molecule has 154 valence electrons. The average molecular weight is 403 g/mol. The van der Waals surface area contributed by atoms with Crippen molar-refractivity contribution in [3.63, 3.8) is 0 Å². The van der Waals surface area contributed by atoms with Crippen LogP contribution in [0.15, 0.2) is 66.9 Å². The standard InChI is InChI=1S/C24H25N3O3/c1-3-27(4-2)21-13-11-20(12-14-21)26-22(28)17-30-23(29)15-10-19-8-5-7-18-9-6-16-25-24(18)19/h5-16H,3-4,17H2,1-2H3,(H,26,28)/b15-10+. The number of nitrogens with one attached hydrogen (secondary N) is 1. The number of hydrogen-bond donors (Lipinski definition) is 1. The second kappa shape index (κ2) is 10.2. The quantitative estimate of drug-likeness (QED) is 0.449. The number of nitrogens with zero attached hydrogens (tertiary/aromatic N) is 2. The van der Waals surface area contributed by atoms with E-state index >= 15 is 0 Å². The molecule has 0 radical (unpaired) electrons. The summed E-state index contributed by atoms with van der Waals surface area (Å²) in [6.07, 6.45) is 4.65. The number of amides is 1. The predicted octanol–water partition coefficient (Wildman–Crippen LogP) is 4.28. The number of carbonyl (C=O) groups excluding carboxylic acids is 2. The number of anilines is 2. The molecule has 2 aromatic carbocycles. The fraction of sp³-hybridized carbons (Fsp3) is 0.208. The van der Waals surface area contributed by atoms with Crippen LogP contribution in [0.25, 0.3) is 17.0 Å². The van der Waals surface area contributed by atoms with Gasteiger partial charge in [0.1, 0.15) is 0 Å². The number of benzene rings is 2. The Morgan fingerprint density at radius 3 is 2.50 bits per heavy atom. The van der Waals surface area contributed by atoms with E-state index in [1.165, 1.54) is 6.08 Å². The van der Waals surface area contributed by atoms with E-state index in [1.54, 1.807) is 12.3 Å². The van der Waals surface area contributed by atoms with Crippen LogP contribution in [0.1, 0.15) is 19.4 Å². The first-order valence-corrected chi connectivity index (χ1v) is 9.94.